The third-order valence-corrected chi connectivity index (χ3v) is 3.71. The molecular weight excluding hydrogens is 194 g/mol. The van der Waals surface area contributed by atoms with Crippen molar-refractivity contribution in [1.29, 1.82) is 0 Å². The van der Waals surface area contributed by atoms with Gasteiger partial charge in [0.25, 0.3) is 0 Å². The number of nitrogens with one attached hydrogen (secondary N) is 1. The molecule has 1 aliphatic rings. The monoisotopic (exact) mass is 217 g/mol. The van der Waals surface area contributed by atoms with Crippen molar-refractivity contribution in [3.05, 3.63) is 34.9 Å². The summed E-state index contributed by atoms with van der Waals surface area (Å²) in [5.41, 5.74) is 4.64. The molecule has 1 fully saturated rings. The number of aryl methyl sites for hydroxylation is 2. The summed E-state index contributed by atoms with van der Waals surface area (Å²) in [6.45, 7) is 11.3. The molecule has 0 aromatic heterocycles. The molecule has 1 heteroatoms. The van der Waals surface area contributed by atoms with Crippen molar-refractivity contribution in [2.75, 3.05) is 0 Å². The van der Waals surface area contributed by atoms with Crippen LogP contribution in [-0.4, -0.2) is 6.04 Å². The maximum atomic E-state index is 3.71. The summed E-state index contributed by atoms with van der Waals surface area (Å²) in [6.07, 6.45) is 1.31. The largest absolute Gasteiger partial charge is 0.307 e. The molecule has 1 aliphatic carbocycles. The molecule has 0 aliphatic heterocycles. The van der Waals surface area contributed by atoms with Crippen molar-refractivity contribution in [3.63, 3.8) is 0 Å². The average Bonchev–Trinajstić information content (AvgIpc) is 2.71. The maximum Gasteiger partial charge on any atom is 0.0294 e. The first-order valence-corrected chi connectivity index (χ1v) is 6.23. The van der Waals surface area contributed by atoms with Gasteiger partial charge in [0.15, 0.2) is 0 Å². The number of hydrogen-bond acceptors (Lipinski definition) is 1. The molecule has 0 saturated heterocycles. The summed E-state index contributed by atoms with van der Waals surface area (Å²) >= 11 is 0. The second kappa shape index (κ2) is 3.89. The third kappa shape index (κ3) is 2.46. The van der Waals surface area contributed by atoms with E-state index in [1.807, 2.05) is 0 Å². The smallest absolute Gasteiger partial charge is 0.0294 e. The molecule has 0 bridgehead atoms. The maximum absolute atomic E-state index is 3.71. The van der Waals surface area contributed by atoms with Crippen molar-refractivity contribution in [2.24, 2.45) is 5.41 Å². The van der Waals surface area contributed by atoms with Gasteiger partial charge in [0.2, 0.25) is 0 Å². The molecule has 0 heterocycles. The molecule has 1 aromatic rings. The van der Waals surface area contributed by atoms with E-state index in [4.69, 9.17) is 0 Å². The van der Waals surface area contributed by atoms with Gasteiger partial charge in [-0.25, -0.2) is 0 Å². The van der Waals surface area contributed by atoms with Crippen molar-refractivity contribution in [2.45, 2.75) is 53.1 Å². The van der Waals surface area contributed by atoms with Crippen molar-refractivity contribution in [1.82, 2.24) is 5.32 Å². The molecule has 1 N–H and O–H groups in total. The van der Waals surface area contributed by atoms with Crippen LogP contribution in [0.1, 0.15) is 49.9 Å². The fourth-order valence-corrected chi connectivity index (χ4v) is 2.41. The Labute approximate surface area is 99.3 Å². The van der Waals surface area contributed by atoms with E-state index in [2.05, 4.69) is 58.1 Å². The fraction of sp³-hybridized carbons (Fsp3) is 0.600. The molecule has 1 aromatic carbocycles. The average molecular weight is 217 g/mol. The van der Waals surface area contributed by atoms with Crippen LogP contribution in [0, 0.1) is 19.3 Å². The number of hydrogen-bond donors (Lipinski definition) is 1. The van der Waals surface area contributed by atoms with Gasteiger partial charge in [0.05, 0.1) is 0 Å². The van der Waals surface area contributed by atoms with Crippen molar-refractivity contribution < 1.29 is 0 Å². The lowest BCUT2D eigenvalue weighted by Gasteiger charge is -2.17. The van der Waals surface area contributed by atoms with Gasteiger partial charge in [0, 0.05) is 12.1 Å². The van der Waals surface area contributed by atoms with Crippen LogP contribution >= 0.6 is 0 Å². The topological polar surface area (TPSA) is 12.0 Å². The van der Waals surface area contributed by atoms with E-state index in [0.717, 1.165) is 0 Å². The van der Waals surface area contributed by atoms with Gasteiger partial charge in [-0.1, -0.05) is 43.2 Å². The van der Waals surface area contributed by atoms with Gasteiger partial charge in [-0.15, -0.1) is 0 Å². The molecule has 2 rings (SSSR count). The van der Waals surface area contributed by atoms with E-state index in [0.29, 0.717) is 17.5 Å². The van der Waals surface area contributed by atoms with Crippen LogP contribution in [0.3, 0.4) is 0 Å². The summed E-state index contributed by atoms with van der Waals surface area (Å²) < 4.78 is 0. The predicted octanol–water partition coefficient (Wildman–Crippen LogP) is 3.75. The highest BCUT2D eigenvalue weighted by Crippen LogP contribution is 2.45. The van der Waals surface area contributed by atoms with E-state index < -0.39 is 0 Å². The minimum absolute atomic E-state index is 0.463. The molecule has 0 radical (unpaired) electrons. The zero-order valence-electron chi connectivity index (χ0n) is 11.1. The van der Waals surface area contributed by atoms with Gasteiger partial charge in [0.1, 0.15) is 0 Å². The van der Waals surface area contributed by atoms with E-state index in [1.165, 1.54) is 23.1 Å². The Morgan fingerprint density at radius 3 is 2.12 bits per heavy atom. The third-order valence-electron chi connectivity index (χ3n) is 3.71. The molecular formula is C15H23N. The first-order chi connectivity index (χ1) is 7.38. The van der Waals surface area contributed by atoms with E-state index >= 15 is 0 Å². The molecule has 16 heavy (non-hydrogen) atoms. The summed E-state index contributed by atoms with van der Waals surface area (Å²) in [6, 6.07) is 7.98. The van der Waals surface area contributed by atoms with Crippen LogP contribution in [0.5, 0.6) is 0 Å². The first kappa shape index (κ1) is 11.7. The second-order valence-corrected chi connectivity index (χ2v) is 6.05. The summed E-state index contributed by atoms with van der Waals surface area (Å²) in [4.78, 5) is 0. The van der Waals surface area contributed by atoms with Crippen molar-refractivity contribution in [3.8, 4) is 0 Å². The normalized spacial score (nSPS) is 24.2. The predicted molar refractivity (Wildman–Crippen MR) is 69.7 cm³/mol. The minimum Gasteiger partial charge on any atom is -0.307 e. The highest BCUT2D eigenvalue weighted by molar-refractivity contribution is 5.30. The summed E-state index contributed by atoms with van der Waals surface area (Å²) in [5.74, 6) is 0. The van der Waals surface area contributed by atoms with Gasteiger partial charge in [-0.05, 0) is 38.2 Å². The second-order valence-electron chi connectivity index (χ2n) is 6.05. The standard InChI is InChI=1S/C15H23N/c1-10-6-11(2)8-13(7-10)12(3)16-14-9-15(14,4)5/h6-8,12,14,16H,9H2,1-5H3. The van der Waals surface area contributed by atoms with Gasteiger partial charge < -0.3 is 5.32 Å². The zero-order valence-corrected chi connectivity index (χ0v) is 11.1. The van der Waals surface area contributed by atoms with Crippen LogP contribution in [0.15, 0.2) is 18.2 Å². The van der Waals surface area contributed by atoms with Gasteiger partial charge in [-0.2, -0.15) is 0 Å². The summed E-state index contributed by atoms with van der Waals surface area (Å²) in [7, 11) is 0. The minimum atomic E-state index is 0.463. The number of benzene rings is 1. The Bertz CT molecular complexity index is 372. The Morgan fingerprint density at radius 2 is 1.69 bits per heavy atom. The lowest BCUT2D eigenvalue weighted by Crippen LogP contribution is -2.24. The highest BCUT2D eigenvalue weighted by Gasteiger charge is 2.45. The van der Waals surface area contributed by atoms with Crippen molar-refractivity contribution >= 4 is 0 Å². The SMILES string of the molecule is Cc1cc(C)cc(C(C)NC2CC2(C)C)c1. The molecule has 0 spiro atoms. The van der Waals surface area contributed by atoms with E-state index in [-0.39, 0.29) is 0 Å². The number of rotatable bonds is 3. The lowest BCUT2D eigenvalue weighted by molar-refractivity contribution is 0.491. The molecule has 1 saturated carbocycles. The fourth-order valence-electron chi connectivity index (χ4n) is 2.41. The Hall–Kier alpha value is -0.820. The van der Waals surface area contributed by atoms with Crippen LogP contribution in [-0.2, 0) is 0 Å². The van der Waals surface area contributed by atoms with Gasteiger partial charge >= 0.3 is 0 Å². The highest BCUT2D eigenvalue weighted by atomic mass is 15.0. The Morgan fingerprint density at radius 1 is 1.19 bits per heavy atom. The zero-order chi connectivity index (χ0) is 11.9. The quantitative estimate of drug-likeness (QED) is 0.813. The summed E-state index contributed by atoms with van der Waals surface area (Å²) in [5, 5.41) is 3.71. The van der Waals surface area contributed by atoms with Crippen LogP contribution in [0.2, 0.25) is 0 Å². The molecule has 2 unspecified atom stereocenters. The van der Waals surface area contributed by atoms with E-state index in [9.17, 15) is 0 Å². The van der Waals surface area contributed by atoms with Gasteiger partial charge in [-0.3, -0.25) is 0 Å². The Kier molecular flexibility index (Phi) is 2.83. The first-order valence-electron chi connectivity index (χ1n) is 6.23. The lowest BCUT2D eigenvalue weighted by atomic mass is 10.0. The molecule has 88 valence electrons. The van der Waals surface area contributed by atoms with E-state index in [1.54, 1.807) is 0 Å². The van der Waals surface area contributed by atoms with Crippen LogP contribution in [0.25, 0.3) is 0 Å². The van der Waals surface area contributed by atoms with Crippen LogP contribution in [0.4, 0.5) is 0 Å². The van der Waals surface area contributed by atoms with Crippen LogP contribution < -0.4 is 5.32 Å². The molecule has 1 nitrogen and oxygen atoms in total. The Balaban J connectivity index is 2.06. The molecule has 0 amide bonds. The molecule has 2 atom stereocenters.